The summed E-state index contributed by atoms with van der Waals surface area (Å²) in [6, 6.07) is 4.77. The summed E-state index contributed by atoms with van der Waals surface area (Å²) < 4.78 is 19.2. The van der Waals surface area contributed by atoms with Crippen molar-refractivity contribution in [3.8, 4) is 11.6 Å². The van der Waals surface area contributed by atoms with E-state index in [1.54, 1.807) is 6.92 Å². The third-order valence-electron chi connectivity index (χ3n) is 2.12. The van der Waals surface area contributed by atoms with E-state index in [0.29, 0.717) is 10.4 Å². The van der Waals surface area contributed by atoms with Gasteiger partial charge < -0.3 is 4.74 Å². The third kappa shape index (κ3) is 3.22. The van der Waals surface area contributed by atoms with Crippen LogP contribution in [0.5, 0.6) is 11.6 Å². The van der Waals surface area contributed by atoms with Crippen LogP contribution in [0.15, 0.2) is 28.9 Å². The second kappa shape index (κ2) is 5.27. The molecule has 98 valence electrons. The second-order valence-corrected chi connectivity index (χ2v) is 4.36. The molecular weight excluding hydrogens is 321 g/mol. The molecule has 0 unspecified atom stereocenters. The zero-order valence-corrected chi connectivity index (χ0v) is 11.2. The largest absolute Gasteiger partial charge is 0.439 e. The Kier molecular flexibility index (Phi) is 3.70. The number of benzene rings is 1. The van der Waals surface area contributed by atoms with Crippen LogP contribution in [0.2, 0.25) is 0 Å². The van der Waals surface area contributed by atoms with Crippen molar-refractivity contribution in [2.24, 2.45) is 0 Å². The average molecular weight is 328 g/mol. The molecule has 6 nitrogen and oxygen atoms in total. The van der Waals surface area contributed by atoms with E-state index in [4.69, 9.17) is 4.74 Å². The molecule has 0 radical (unpaired) electrons. The lowest BCUT2D eigenvalue weighted by atomic mass is 10.3. The van der Waals surface area contributed by atoms with Crippen molar-refractivity contribution in [1.29, 1.82) is 0 Å². The standard InChI is InChI=1S/C11H7BrFN3O3/c1-6-14-10(12)5-11(15-6)19-7-2-3-9(16(17)18)8(13)4-7/h2-5H,1H3. The highest BCUT2D eigenvalue weighted by Crippen LogP contribution is 2.26. The molecule has 2 aromatic rings. The Balaban J connectivity index is 2.28. The molecule has 0 aliphatic heterocycles. The van der Waals surface area contributed by atoms with Gasteiger partial charge in [0, 0.05) is 18.2 Å². The average Bonchev–Trinajstić information content (AvgIpc) is 2.26. The van der Waals surface area contributed by atoms with Gasteiger partial charge in [0.25, 0.3) is 0 Å². The maximum Gasteiger partial charge on any atom is 0.305 e. The van der Waals surface area contributed by atoms with Crippen LogP contribution in [0.25, 0.3) is 0 Å². The van der Waals surface area contributed by atoms with Gasteiger partial charge in [-0.3, -0.25) is 10.1 Å². The Morgan fingerprint density at radius 3 is 2.68 bits per heavy atom. The van der Waals surface area contributed by atoms with Crippen LogP contribution in [-0.4, -0.2) is 14.9 Å². The van der Waals surface area contributed by atoms with E-state index >= 15 is 0 Å². The second-order valence-electron chi connectivity index (χ2n) is 3.55. The normalized spacial score (nSPS) is 10.3. The van der Waals surface area contributed by atoms with Gasteiger partial charge in [-0.25, -0.2) is 4.98 Å². The summed E-state index contributed by atoms with van der Waals surface area (Å²) >= 11 is 3.18. The molecule has 1 aromatic carbocycles. The van der Waals surface area contributed by atoms with Crippen LogP contribution in [0.3, 0.4) is 0 Å². The molecular formula is C11H7BrFN3O3. The van der Waals surface area contributed by atoms with Gasteiger partial charge in [-0.1, -0.05) is 0 Å². The van der Waals surface area contributed by atoms with Gasteiger partial charge in [0.15, 0.2) is 0 Å². The minimum atomic E-state index is -0.965. The van der Waals surface area contributed by atoms with Gasteiger partial charge in [-0.2, -0.15) is 9.37 Å². The minimum Gasteiger partial charge on any atom is -0.439 e. The molecule has 0 N–H and O–H groups in total. The van der Waals surface area contributed by atoms with Gasteiger partial charge in [0.1, 0.15) is 16.2 Å². The molecule has 19 heavy (non-hydrogen) atoms. The Morgan fingerprint density at radius 2 is 2.11 bits per heavy atom. The molecule has 0 atom stereocenters. The lowest BCUT2D eigenvalue weighted by Gasteiger charge is -2.05. The number of nitrogens with zero attached hydrogens (tertiary/aromatic N) is 3. The summed E-state index contributed by atoms with van der Waals surface area (Å²) in [7, 11) is 0. The minimum absolute atomic E-state index is 0.119. The Bertz CT molecular complexity index is 631. The zero-order chi connectivity index (χ0) is 14.0. The van der Waals surface area contributed by atoms with E-state index in [-0.39, 0.29) is 11.6 Å². The fourth-order valence-electron chi connectivity index (χ4n) is 1.38. The number of rotatable bonds is 3. The summed E-state index contributed by atoms with van der Waals surface area (Å²) in [5.74, 6) is -0.153. The van der Waals surface area contributed by atoms with Crippen molar-refractivity contribution >= 4 is 21.6 Å². The van der Waals surface area contributed by atoms with Crippen molar-refractivity contribution in [2.45, 2.75) is 6.92 Å². The number of ether oxygens (including phenoxy) is 1. The maximum absolute atomic E-state index is 13.4. The van der Waals surface area contributed by atoms with Crippen LogP contribution >= 0.6 is 15.9 Å². The van der Waals surface area contributed by atoms with E-state index < -0.39 is 16.4 Å². The molecule has 0 bridgehead atoms. The van der Waals surface area contributed by atoms with Crippen molar-refractivity contribution in [1.82, 2.24) is 9.97 Å². The molecule has 0 saturated carbocycles. The number of aryl methyl sites for hydroxylation is 1. The van der Waals surface area contributed by atoms with Gasteiger partial charge in [0.05, 0.1) is 4.92 Å². The van der Waals surface area contributed by atoms with Crippen LogP contribution < -0.4 is 4.74 Å². The van der Waals surface area contributed by atoms with Crippen LogP contribution in [0, 0.1) is 22.9 Å². The van der Waals surface area contributed by atoms with Crippen LogP contribution in [0.1, 0.15) is 5.82 Å². The highest BCUT2D eigenvalue weighted by Gasteiger charge is 2.15. The van der Waals surface area contributed by atoms with Gasteiger partial charge in [0.2, 0.25) is 11.7 Å². The zero-order valence-electron chi connectivity index (χ0n) is 9.63. The Morgan fingerprint density at radius 1 is 1.37 bits per heavy atom. The topological polar surface area (TPSA) is 78.2 Å². The summed E-state index contributed by atoms with van der Waals surface area (Å²) in [5.41, 5.74) is -0.604. The van der Waals surface area contributed by atoms with E-state index in [0.717, 1.165) is 12.1 Å². The number of hydrogen-bond donors (Lipinski definition) is 0. The first kappa shape index (κ1) is 13.3. The van der Waals surface area contributed by atoms with E-state index in [2.05, 4.69) is 25.9 Å². The lowest BCUT2D eigenvalue weighted by Crippen LogP contribution is -1.95. The molecule has 1 heterocycles. The Hall–Kier alpha value is -2.09. The molecule has 0 spiro atoms. The first-order valence-electron chi connectivity index (χ1n) is 5.08. The van der Waals surface area contributed by atoms with Crippen molar-refractivity contribution in [3.05, 3.63) is 50.6 Å². The quantitative estimate of drug-likeness (QED) is 0.490. The first-order chi connectivity index (χ1) is 8.95. The number of halogens is 2. The van der Waals surface area contributed by atoms with Crippen molar-refractivity contribution in [3.63, 3.8) is 0 Å². The number of nitro benzene ring substituents is 1. The third-order valence-corrected chi connectivity index (χ3v) is 2.53. The first-order valence-corrected chi connectivity index (χ1v) is 5.88. The Labute approximate surface area is 115 Å². The number of aromatic nitrogens is 2. The molecule has 1 aromatic heterocycles. The molecule has 0 amide bonds. The van der Waals surface area contributed by atoms with E-state index in [1.807, 2.05) is 0 Å². The molecule has 0 aliphatic carbocycles. The highest BCUT2D eigenvalue weighted by atomic mass is 79.9. The van der Waals surface area contributed by atoms with E-state index in [9.17, 15) is 14.5 Å². The SMILES string of the molecule is Cc1nc(Br)cc(Oc2ccc([N+](=O)[O-])c(F)c2)n1. The summed E-state index contributed by atoms with van der Waals surface area (Å²) in [5, 5.41) is 10.5. The highest BCUT2D eigenvalue weighted by molar-refractivity contribution is 9.10. The maximum atomic E-state index is 13.4. The fraction of sp³-hybridized carbons (Fsp3) is 0.0909. The van der Waals surface area contributed by atoms with Gasteiger partial charge in [-0.15, -0.1) is 0 Å². The van der Waals surface area contributed by atoms with Gasteiger partial charge in [-0.05, 0) is 28.9 Å². The predicted molar refractivity (Wildman–Crippen MR) is 67.6 cm³/mol. The molecule has 0 saturated heterocycles. The number of hydrogen-bond acceptors (Lipinski definition) is 5. The summed E-state index contributed by atoms with van der Waals surface area (Å²) in [6.07, 6.45) is 0. The fourth-order valence-corrected chi connectivity index (χ4v) is 1.83. The predicted octanol–water partition coefficient (Wildman–Crippen LogP) is 3.39. The lowest BCUT2D eigenvalue weighted by molar-refractivity contribution is -0.387. The van der Waals surface area contributed by atoms with Crippen LogP contribution in [0.4, 0.5) is 10.1 Å². The molecule has 0 fully saturated rings. The van der Waals surface area contributed by atoms with Crippen molar-refractivity contribution in [2.75, 3.05) is 0 Å². The smallest absolute Gasteiger partial charge is 0.305 e. The molecule has 2 rings (SSSR count). The summed E-state index contributed by atoms with van der Waals surface area (Å²) in [4.78, 5) is 17.7. The van der Waals surface area contributed by atoms with E-state index in [1.165, 1.54) is 12.1 Å². The van der Waals surface area contributed by atoms with Crippen molar-refractivity contribution < 1.29 is 14.1 Å². The monoisotopic (exact) mass is 327 g/mol. The molecule has 0 aliphatic rings. The number of nitro groups is 1. The van der Waals surface area contributed by atoms with Gasteiger partial charge >= 0.3 is 5.69 Å². The van der Waals surface area contributed by atoms with Crippen LogP contribution in [-0.2, 0) is 0 Å². The summed E-state index contributed by atoms with van der Waals surface area (Å²) in [6.45, 7) is 1.67. The molecule has 8 heteroatoms.